The highest BCUT2D eigenvalue weighted by Crippen LogP contribution is 2.26. The maximum Gasteiger partial charge on any atom is 0.119 e. The van der Waals surface area contributed by atoms with Crippen LogP contribution in [0.15, 0.2) is 18.2 Å². The molecular formula is C11H15NO. The Hall–Kier alpha value is -1.18. The summed E-state index contributed by atoms with van der Waals surface area (Å²) in [6.45, 7) is 3.85. The van der Waals surface area contributed by atoms with E-state index in [2.05, 4.69) is 17.4 Å². The Balaban J connectivity index is 2.24. The first-order valence-corrected chi connectivity index (χ1v) is 4.90. The van der Waals surface area contributed by atoms with Crippen LogP contribution in [-0.4, -0.2) is 13.2 Å². The number of hydrogen-bond acceptors (Lipinski definition) is 2. The van der Waals surface area contributed by atoms with E-state index in [1.165, 1.54) is 24.1 Å². The molecule has 0 aromatic heterocycles. The van der Waals surface area contributed by atoms with Crippen LogP contribution in [-0.2, 0) is 6.42 Å². The van der Waals surface area contributed by atoms with E-state index in [4.69, 9.17) is 4.74 Å². The molecule has 0 spiro atoms. The van der Waals surface area contributed by atoms with Crippen LogP contribution in [0.2, 0.25) is 0 Å². The van der Waals surface area contributed by atoms with E-state index >= 15 is 0 Å². The SMILES string of the molecule is CCOc1ccc2c(c1)CCCN2. The molecule has 1 aliphatic rings. The smallest absolute Gasteiger partial charge is 0.119 e. The maximum absolute atomic E-state index is 5.44. The minimum absolute atomic E-state index is 0.742. The van der Waals surface area contributed by atoms with Gasteiger partial charge in [-0.2, -0.15) is 0 Å². The fourth-order valence-corrected chi connectivity index (χ4v) is 1.71. The van der Waals surface area contributed by atoms with Crippen LogP contribution in [0.1, 0.15) is 18.9 Å². The van der Waals surface area contributed by atoms with Crippen LogP contribution in [0.3, 0.4) is 0 Å². The predicted molar refractivity (Wildman–Crippen MR) is 54.4 cm³/mol. The third-order valence-corrected chi connectivity index (χ3v) is 2.33. The first-order valence-electron chi connectivity index (χ1n) is 4.90. The lowest BCUT2D eigenvalue weighted by molar-refractivity contribution is 0.340. The quantitative estimate of drug-likeness (QED) is 0.749. The van der Waals surface area contributed by atoms with Crippen molar-refractivity contribution in [3.8, 4) is 5.75 Å². The molecule has 0 aliphatic carbocycles. The van der Waals surface area contributed by atoms with Crippen molar-refractivity contribution >= 4 is 5.69 Å². The number of aryl methyl sites for hydroxylation is 1. The summed E-state index contributed by atoms with van der Waals surface area (Å²) in [6, 6.07) is 6.28. The first-order chi connectivity index (χ1) is 6.40. The average Bonchev–Trinajstić information content (AvgIpc) is 2.18. The van der Waals surface area contributed by atoms with Gasteiger partial charge in [0.2, 0.25) is 0 Å². The van der Waals surface area contributed by atoms with E-state index in [1.807, 2.05) is 13.0 Å². The molecular weight excluding hydrogens is 162 g/mol. The van der Waals surface area contributed by atoms with Crippen molar-refractivity contribution in [2.45, 2.75) is 19.8 Å². The van der Waals surface area contributed by atoms with Gasteiger partial charge in [0, 0.05) is 12.2 Å². The fourth-order valence-electron chi connectivity index (χ4n) is 1.71. The van der Waals surface area contributed by atoms with Gasteiger partial charge in [0.1, 0.15) is 5.75 Å². The zero-order valence-corrected chi connectivity index (χ0v) is 7.97. The summed E-state index contributed by atoms with van der Waals surface area (Å²) in [5.74, 6) is 0.991. The number of ether oxygens (including phenoxy) is 1. The number of anilines is 1. The monoisotopic (exact) mass is 177 g/mol. The highest BCUT2D eigenvalue weighted by Gasteiger charge is 2.08. The summed E-state index contributed by atoms with van der Waals surface area (Å²) in [4.78, 5) is 0. The van der Waals surface area contributed by atoms with Gasteiger partial charge in [0.05, 0.1) is 6.61 Å². The molecule has 0 saturated carbocycles. The summed E-state index contributed by atoms with van der Waals surface area (Å²) >= 11 is 0. The summed E-state index contributed by atoms with van der Waals surface area (Å²) in [5, 5.41) is 3.38. The minimum atomic E-state index is 0.742. The normalized spacial score (nSPS) is 14.5. The molecule has 1 aromatic rings. The van der Waals surface area contributed by atoms with Crippen LogP contribution < -0.4 is 10.1 Å². The Kier molecular flexibility index (Phi) is 2.39. The number of nitrogens with one attached hydrogen (secondary N) is 1. The van der Waals surface area contributed by atoms with Crippen LogP contribution >= 0.6 is 0 Å². The third-order valence-electron chi connectivity index (χ3n) is 2.33. The van der Waals surface area contributed by atoms with Crippen molar-refractivity contribution < 1.29 is 4.74 Å². The Morgan fingerprint density at radius 1 is 1.46 bits per heavy atom. The molecule has 0 amide bonds. The molecule has 0 saturated heterocycles. The second kappa shape index (κ2) is 3.69. The number of hydrogen-bond donors (Lipinski definition) is 1. The lowest BCUT2D eigenvalue weighted by Crippen LogP contribution is -2.11. The molecule has 13 heavy (non-hydrogen) atoms. The Labute approximate surface area is 78.9 Å². The van der Waals surface area contributed by atoms with Gasteiger partial charge in [0.25, 0.3) is 0 Å². The van der Waals surface area contributed by atoms with Gasteiger partial charge < -0.3 is 10.1 Å². The molecule has 2 nitrogen and oxygen atoms in total. The molecule has 0 fully saturated rings. The fraction of sp³-hybridized carbons (Fsp3) is 0.455. The zero-order valence-electron chi connectivity index (χ0n) is 7.97. The van der Waals surface area contributed by atoms with Gasteiger partial charge in [-0.15, -0.1) is 0 Å². The molecule has 2 heteroatoms. The number of fused-ring (bicyclic) bond motifs is 1. The summed E-state index contributed by atoms with van der Waals surface area (Å²) < 4.78 is 5.44. The van der Waals surface area contributed by atoms with Crippen molar-refractivity contribution in [3.05, 3.63) is 23.8 Å². The third kappa shape index (κ3) is 1.77. The van der Waals surface area contributed by atoms with Crippen molar-refractivity contribution in [3.63, 3.8) is 0 Å². The standard InChI is InChI=1S/C11H15NO/c1-2-13-10-5-6-11-9(8-10)4-3-7-12-11/h5-6,8,12H,2-4,7H2,1H3. The predicted octanol–water partition coefficient (Wildman–Crippen LogP) is 2.44. The highest BCUT2D eigenvalue weighted by molar-refractivity contribution is 5.55. The molecule has 2 rings (SSSR count). The van der Waals surface area contributed by atoms with E-state index in [0.717, 1.165) is 18.9 Å². The van der Waals surface area contributed by atoms with E-state index < -0.39 is 0 Å². The van der Waals surface area contributed by atoms with Gasteiger partial charge in [0.15, 0.2) is 0 Å². The van der Waals surface area contributed by atoms with E-state index in [-0.39, 0.29) is 0 Å². The van der Waals surface area contributed by atoms with Crippen molar-refractivity contribution in [1.82, 2.24) is 0 Å². The summed E-state index contributed by atoms with van der Waals surface area (Å²) in [6.07, 6.45) is 2.39. The van der Waals surface area contributed by atoms with Gasteiger partial charge in [-0.1, -0.05) is 0 Å². The average molecular weight is 177 g/mol. The second-order valence-corrected chi connectivity index (χ2v) is 3.28. The lowest BCUT2D eigenvalue weighted by atomic mass is 10.0. The van der Waals surface area contributed by atoms with Crippen LogP contribution in [0.5, 0.6) is 5.75 Å². The molecule has 1 heterocycles. The Morgan fingerprint density at radius 3 is 3.23 bits per heavy atom. The molecule has 0 unspecified atom stereocenters. The van der Waals surface area contributed by atoms with Crippen LogP contribution in [0, 0.1) is 0 Å². The van der Waals surface area contributed by atoms with Gasteiger partial charge in [-0.3, -0.25) is 0 Å². The Morgan fingerprint density at radius 2 is 2.38 bits per heavy atom. The summed E-state index contributed by atoms with van der Waals surface area (Å²) in [7, 11) is 0. The molecule has 0 bridgehead atoms. The molecule has 1 aromatic carbocycles. The second-order valence-electron chi connectivity index (χ2n) is 3.28. The van der Waals surface area contributed by atoms with Gasteiger partial charge in [-0.25, -0.2) is 0 Å². The van der Waals surface area contributed by atoms with E-state index in [9.17, 15) is 0 Å². The van der Waals surface area contributed by atoms with Crippen molar-refractivity contribution in [1.29, 1.82) is 0 Å². The largest absolute Gasteiger partial charge is 0.494 e. The first kappa shape index (κ1) is 8.42. The van der Waals surface area contributed by atoms with Gasteiger partial charge in [-0.05, 0) is 43.5 Å². The van der Waals surface area contributed by atoms with Gasteiger partial charge >= 0.3 is 0 Å². The zero-order chi connectivity index (χ0) is 9.10. The molecule has 70 valence electrons. The molecule has 1 N–H and O–H groups in total. The number of rotatable bonds is 2. The van der Waals surface area contributed by atoms with Crippen molar-refractivity contribution in [2.75, 3.05) is 18.5 Å². The topological polar surface area (TPSA) is 21.3 Å². The van der Waals surface area contributed by atoms with Crippen LogP contribution in [0.25, 0.3) is 0 Å². The minimum Gasteiger partial charge on any atom is -0.494 e. The Bertz CT molecular complexity index is 296. The maximum atomic E-state index is 5.44. The summed E-state index contributed by atoms with van der Waals surface area (Å²) in [5.41, 5.74) is 2.66. The van der Waals surface area contributed by atoms with E-state index in [0.29, 0.717) is 0 Å². The lowest BCUT2D eigenvalue weighted by Gasteiger charge is -2.18. The molecule has 0 atom stereocenters. The van der Waals surface area contributed by atoms with Crippen molar-refractivity contribution in [2.24, 2.45) is 0 Å². The molecule has 1 aliphatic heterocycles. The van der Waals surface area contributed by atoms with Crippen LogP contribution in [0.4, 0.5) is 5.69 Å². The number of benzene rings is 1. The molecule has 0 radical (unpaired) electrons. The van der Waals surface area contributed by atoms with E-state index in [1.54, 1.807) is 0 Å². The highest BCUT2D eigenvalue weighted by atomic mass is 16.5.